The first-order valence-electron chi connectivity index (χ1n) is 26.7. The molecule has 1 fully saturated rings. The van der Waals surface area contributed by atoms with E-state index in [0.717, 1.165) is 46.4 Å². The van der Waals surface area contributed by atoms with Gasteiger partial charge >= 0.3 is 0 Å². The van der Waals surface area contributed by atoms with Crippen LogP contribution in [0.25, 0.3) is 49.9 Å². The Morgan fingerprint density at radius 2 is 1.21 bits per heavy atom. The van der Waals surface area contributed by atoms with Gasteiger partial charge in [0.1, 0.15) is 11.5 Å². The SMILES string of the molecule is CC(C)Cc1cc(-n2c3[c-]c(Oc4[c-]c([N@@+]56[CH-][N@@+](c7cc(C(C)(C)C)cc(C(C)(C)C)c7)(C5)c5c(-c7cccc(C(C)(C)C)c7)cccc56)ccc4)ccc3c3ccccc32)ncc1-c1ccc(C(C)(C)C)cc1.[Pt]. The molecule has 1 saturated heterocycles. The molecule has 5 heterocycles. The fraction of sp³-hybridized carbons (Fsp3) is 0.304. The van der Waals surface area contributed by atoms with Crippen LogP contribution in [0.2, 0.25) is 0 Å². The van der Waals surface area contributed by atoms with Crippen molar-refractivity contribution in [1.29, 1.82) is 0 Å². The number of ether oxygens (including phenoxy) is 1. The van der Waals surface area contributed by atoms with Crippen molar-refractivity contribution in [2.24, 2.45) is 5.92 Å². The summed E-state index contributed by atoms with van der Waals surface area (Å²) in [7, 11) is 0. The van der Waals surface area contributed by atoms with E-state index in [0.29, 0.717) is 26.4 Å². The summed E-state index contributed by atoms with van der Waals surface area (Å²) in [6.45, 7) is 35.6. The van der Waals surface area contributed by atoms with Crippen LogP contribution < -0.4 is 13.7 Å². The summed E-state index contributed by atoms with van der Waals surface area (Å²) >= 11 is 0. The van der Waals surface area contributed by atoms with E-state index >= 15 is 0 Å². The van der Waals surface area contributed by atoms with Crippen LogP contribution in [-0.2, 0) is 49.1 Å². The minimum absolute atomic E-state index is 0. The van der Waals surface area contributed by atoms with Crippen molar-refractivity contribution in [3.8, 4) is 39.6 Å². The molecule has 0 spiro atoms. The first kappa shape index (κ1) is 52.3. The minimum atomic E-state index is -0.0285. The molecule has 0 unspecified atom stereocenters. The monoisotopic (exact) mass is 1170 g/mol. The number of para-hydroxylation sites is 2. The summed E-state index contributed by atoms with van der Waals surface area (Å²) < 4.78 is 10.3. The third kappa shape index (κ3) is 9.21. The van der Waals surface area contributed by atoms with E-state index in [9.17, 15) is 0 Å². The van der Waals surface area contributed by atoms with Crippen molar-refractivity contribution in [3.63, 3.8) is 0 Å². The molecule has 0 radical (unpaired) electrons. The molecule has 0 N–H and O–H groups in total. The van der Waals surface area contributed by atoms with Crippen molar-refractivity contribution in [3.05, 3.63) is 198 Å². The summed E-state index contributed by atoms with van der Waals surface area (Å²) in [4.78, 5) is 5.23. The maximum atomic E-state index is 6.89. The van der Waals surface area contributed by atoms with Crippen LogP contribution in [0.15, 0.2) is 152 Å². The van der Waals surface area contributed by atoms with Crippen molar-refractivity contribution < 1.29 is 25.8 Å². The van der Waals surface area contributed by atoms with Crippen LogP contribution in [0.1, 0.15) is 125 Å². The molecular formula is C69H73N4OPt-. The second kappa shape index (κ2) is 18.6. The van der Waals surface area contributed by atoms with Gasteiger partial charge in [0.25, 0.3) is 0 Å². The van der Waals surface area contributed by atoms with Crippen LogP contribution in [0.5, 0.6) is 11.5 Å². The molecule has 2 aromatic heterocycles. The second-order valence-electron chi connectivity index (χ2n) is 25.8. The predicted octanol–water partition coefficient (Wildman–Crippen LogP) is 18.7. The first-order valence-corrected chi connectivity index (χ1v) is 26.7. The minimum Gasteiger partial charge on any atom is -0.509 e. The predicted molar refractivity (Wildman–Crippen MR) is 312 cm³/mol. The molecule has 75 heavy (non-hydrogen) atoms. The van der Waals surface area contributed by atoms with Crippen LogP contribution in [0, 0.1) is 24.7 Å². The standard InChI is InChI=1S/C69H73N4O.Pt/c1-45(2)34-48-36-64(70-42-60(48)46-28-30-49(31-29-46)66(3,4)5)71-61-26-16-15-24-58(61)59-33-32-56(41-62(59)71)74-55-23-18-22-53(40-55)72-43-73(44-72,54-38-51(68(9,10)11)37-52(39-54)69(12,13)14)65-57(25-19-27-63(65)72)47-20-17-21-50(35-47)67(6,7)8;/h15-33,35-39,42-43,45H,34,44H2,1-14H3;/q-1;/t72-,73+;/m1./s1. The number of hydrogen-bond acceptors (Lipinski definition) is 2. The van der Waals surface area contributed by atoms with Gasteiger partial charge in [-0.3, -0.25) is 4.48 Å². The molecule has 2 atom stereocenters. The van der Waals surface area contributed by atoms with E-state index in [1.165, 1.54) is 67.1 Å². The van der Waals surface area contributed by atoms with Gasteiger partial charge in [-0.25, -0.2) is 4.98 Å². The van der Waals surface area contributed by atoms with E-state index in [-0.39, 0.29) is 42.7 Å². The van der Waals surface area contributed by atoms with Gasteiger partial charge in [0.05, 0.1) is 6.67 Å². The quantitative estimate of drug-likeness (QED) is 0.106. The number of quaternary nitrogens is 2. The zero-order valence-corrected chi connectivity index (χ0v) is 48.8. The fourth-order valence-electron chi connectivity index (χ4n) is 11.5. The van der Waals surface area contributed by atoms with Crippen LogP contribution >= 0.6 is 0 Å². The number of rotatable bonds is 9. The van der Waals surface area contributed by atoms with Crippen LogP contribution in [0.3, 0.4) is 0 Å². The van der Waals surface area contributed by atoms with Crippen molar-refractivity contribution in [2.45, 2.75) is 125 Å². The molecule has 3 aliphatic rings. The Morgan fingerprint density at radius 1 is 0.573 bits per heavy atom. The van der Waals surface area contributed by atoms with E-state index in [4.69, 9.17) is 9.72 Å². The Bertz CT molecular complexity index is 3610. The third-order valence-corrected chi connectivity index (χ3v) is 15.7. The van der Waals surface area contributed by atoms with Crippen molar-refractivity contribution in [2.75, 3.05) is 6.67 Å². The Balaban J connectivity index is 0.00000641. The molecule has 386 valence electrons. The molecule has 7 aromatic carbocycles. The Labute approximate surface area is 461 Å². The Hall–Kier alpha value is -6.10. The molecule has 0 amide bonds. The van der Waals surface area contributed by atoms with Crippen molar-refractivity contribution in [1.82, 2.24) is 18.5 Å². The van der Waals surface area contributed by atoms with Gasteiger partial charge in [0, 0.05) is 79.3 Å². The number of pyridine rings is 1. The van der Waals surface area contributed by atoms with Gasteiger partial charge in [-0.05, 0) is 96.5 Å². The smallest absolute Gasteiger partial charge is 0.187 e. The summed E-state index contributed by atoms with van der Waals surface area (Å²) in [6.07, 6.45) is 3.00. The number of fused-ring (bicyclic) bond motifs is 3. The molecule has 5 nitrogen and oxygen atoms in total. The molecule has 6 heteroatoms. The number of hydrogen-bond donors (Lipinski definition) is 0. The average molecular weight is 1170 g/mol. The van der Waals surface area contributed by atoms with Gasteiger partial charge in [-0.1, -0.05) is 187 Å². The number of aromatic nitrogens is 2. The third-order valence-electron chi connectivity index (χ3n) is 15.7. The fourth-order valence-corrected chi connectivity index (χ4v) is 11.5. The van der Waals surface area contributed by atoms with Crippen molar-refractivity contribution >= 4 is 44.6 Å². The van der Waals surface area contributed by atoms with Gasteiger partial charge in [0.15, 0.2) is 18.0 Å². The summed E-state index contributed by atoms with van der Waals surface area (Å²) in [5, 5.41) is 2.25. The number of nitrogens with zero attached hydrogens (tertiary/aromatic N) is 4. The molecule has 9 aromatic rings. The van der Waals surface area contributed by atoms with Gasteiger partial charge < -0.3 is 13.8 Å². The van der Waals surface area contributed by atoms with Crippen LogP contribution in [-0.4, -0.2) is 16.2 Å². The van der Waals surface area contributed by atoms with Gasteiger partial charge in [-0.2, -0.15) is 12.1 Å². The molecule has 0 aliphatic carbocycles. The molecule has 12 rings (SSSR count). The molecule has 0 saturated carbocycles. The van der Waals surface area contributed by atoms with E-state index in [2.05, 4.69) is 260 Å². The summed E-state index contributed by atoms with van der Waals surface area (Å²) in [5.41, 5.74) is 18.5. The van der Waals surface area contributed by atoms with E-state index in [1.54, 1.807) is 0 Å². The maximum Gasteiger partial charge on any atom is 0.187 e. The second-order valence-corrected chi connectivity index (χ2v) is 25.8. The maximum absolute atomic E-state index is 6.89. The number of benzene rings is 7. The van der Waals surface area contributed by atoms with Crippen LogP contribution in [0.4, 0.5) is 22.7 Å². The van der Waals surface area contributed by atoms with E-state index in [1.807, 2.05) is 12.1 Å². The summed E-state index contributed by atoms with van der Waals surface area (Å²) in [5.74, 6) is 2.61. The zero-order chi connectivity index (χ0) is 52.3. The topological polar surface area (TPSA) is 27.1 Å². The largest absolute Gasteiger partial charge is 0.509 e. The molecular weight excluding hydrogens is 1100 g/mol. The molecule has 2 bridgehead atoms. The normalized spacial score (nSPS) is 17.5. The summed E-state index contributed by atoms with van der Waals surface area (Å²) in [6, 6.07) is 61.6. The Morgan fingerprint density at radius 3 is 1.88 bits per heavy atom. The zero-order valence-electron chi connectivity index (χ0n) is 46.5. The van der Waals surface area contributed by atoms with E-state index < -0.39 is 0 Å². The molecule has 3 aliphatic heterocycles. The average Bonchev–Trinajstić information content (AvgIpc) is 4.14. The first-order chi connectivity index (χ1) is 34.9. The Kier molecular flexibility index (Phi) is 13.0. The van der Waals surface area contributed by atoms with Gasteiger partial charge in [-0.15, -0.1) is 29.7 Å². The van der Waals surface area contributed by atoms with Gasteiger partial charge in [0.2, 0.25) is 0 Å².